The maximum atomic E-state index is 14.6. The quantitative estimate of drug-likeness (QED) is 0.379. The smallest absolute Gasteiger partial charge is 0.330 e. The maximum Gasteiger partial charge on any atom is 0.330 e. The van der Waals surface area contributed by atoms with E-state index in [1.807, 2.05) is 60.0 Å². The summed E-state index contributed by atoms with van der Waals surface area (Å²) in [6.07, 6.45) is 3.65. The summed E-state index contributed by atoms with van der Waals surface area (Å²) in [4.78, 5) is 65.0. The van der Waals surface area contributed by atoms with Gasteiger partial charge in [-0.1, -0.05) is 30.3 Å². The molecule has 6 rings (SSSR count). The van der Waals surface area contributed by atoms with Crippen molar-refractivity contribution < 1.29 is 29.0 Å². The molecule has 0 radical (unpaired) electrons. The molecule has 4 heterocycles. The molecule has 4 aliphatic rings. The minimum absolute atomic E-state index is 0.00473. The van der Waals surface area contributed by atoms with E-state index >= 15 is 0 Å². The molecule has 0 aliphatic carbocycles. The Morgan fingerprint density at radius 1 is 0.941 bits per heavy atom. The van der Waals surface area contributed by atoms with E-state index in [-0.39, 0.29) is 42.7 Å². The Morgan fingerprint density at radius 3 is 2.29 bits per heavy atom. The number of rotatable bonds is 9. The van der Waals surface area contributed by atoms with E-state index in [0.717, 1.165) is 42.7 Å². The number of fused-ring (bicyclic) bond motifs is 1. The van der Waals surface area contributed by atoms with Crippen LogP contribution in [0.1, 0.15) is 61.3 Å². The van der Waals surface area contributed by atoms with Gasteiger partial charge in [0, 0.05) is 63.5 Å². The molecule has 2 unspecified atom stereocenters. The van der Waals surface area contributed by atoms with Crippen molar-refractivity contribution in [3.8, 4) is 5.75 Å². The predicted molar refractivity (Wildman–Crippen MR) is 194 cm³/mol. The number of esters is 1. The average Bonchev–Trinajstić information content (AvgIpc) is 3.13. The highest BCUT2D eigenvalue weighted by Crippen LogP contribution is 2.30. The van der Waals surface area contributed by atoms with Crippen molar-refractivity contribution in [1.82, 2.24) is 24.5 Å². The van der Waals surface area contributed by atoms with Crippen molar-refractivity contribution in [3.63, 3.8) is 0 Å². The Labute approximate surface area is 301 Å². The zero-order chi connectivity index (χ0) is 36.2. The van der Waals surface area contributed by atoms with E-state index < -0.39 is 17.9 Å². The predicted octanol–water partition coefficient (Wildman–Crippen LogP) is 3.77. The average molecular weight is 703 g/mol. The van der Waals surface area contributed by atoms with Crippen molar-refractivity contribution in [2.24, 2.45) is 5.92 Å². The SMILES string of the molecule is CCOC(=O)C1CN(C2CCN(C)CC2)CCN1C(=O)C(CC(=O)N1CCC(N2Cc3ccccc3NC2=O)CC1)Cc1cc(C)c(O)c(C)c1. The van der Waals surface area contributed by atoms with Gasteiger partial charge >= 0.3 is 12.0 Å². The first-order valence-electron chi connectivity index (χ1n) is 18.6. The number of amides is 4. The van der Waals surface area contributed by atoms with E-state index in [1.165, 1.54) is 0 Å². The number of piperazine rings is 1. The summed E-state index contributed by atoms with van der Waals surface area (Å²) in [5.74, 6) is -1.21. The third-order valence-electron chi connectivity index (χ3n) is 11.4. The number of hydrogen-bond donors (Lipinski definition) is 2. The lowest BCUT2D eigenvalue weighted by Crippen LogP contribution is -2.62. The van der Waals surface area contributed by atoms with Gasteiger partial charge in [-0.25, -0.2) is 9.59 Å². The second kappa shape index (κ2) is 16.0. The van der Waals surface area contributed by atoms with Gasteiger partial charge in [0.15, 0.2) is 0 Å². The second-order valence-corrected chi connectivity index (χ2v) is 14.8. The summed E-state index contributed by atoms with van der Waals surface area (Å²) in [5.41, 5.74) is 4.21. The minimum Gasteiger partial charge on any atom is -0.507 e. The zero-order valence-corrected chi connectivity index (χ0v) is 30.6. The number of hydrogen-bond acceptors (Lipinski definition) is 8. The Hall–Kier alpha value is -4.16. The molecule has 3 fully saturated rings. The van der Waals surface area contributed by atoms with E-state index in [2.05, 4.69) is 22.2 Å². The molecule has 4 amide bonds. The van der Waals surface area contributed by atoms with Gasteiger partial charge in [-0.15, -0.1) is 0 Å². The maximum absolute atomic E-state index is 14.6. The van der Waals surface area contributed by atoms with Gasteiger partial charge in [-0.05, 0) is 101 Å². The number of ether oxygens (including phenoxy) is 1. The lowest BCUT2D eigenvalue weighted by molar-refractivity contribution is -0.161. The molecule has 0 bridgehead atoms. The van der Waals surface area contributed by atoms with Crippen LogP contribution in [-0.2, 0) is 32.1 Å². The largest absolute Gasteiger partial charge is 0.507 e. The molecular formula is C39H54N6O6. The molecule has 2 aromatic carbocycles. The summed E-state index contributed by atoms with van der Waals surface area (Å²) in [5, 5.41) is 13.4. The van der Waals surface area contributed by atoms with Crippen LogP contribution in [-0.4, -0.2) is 131 Å². The van der Waals surface area contributed by atoms with E-state index in [0.29, 0.717) is 75.7 Å². The zero-order valence-electron chi connectivity index (χ0n) is 30.6. The van der Waals surface area contributed by atoms with Crippen LogP contribution in [0.5, 0.6) is 5.75 Å². The lowest BCUT2D eigenvalue weighted by Gasteiger charge is -2.46. The number of piperidine rings is 2. The number of benzene rings is 2. The summed E-state index contributed by atoms with van der Waals surface area (Å²) in [7, 11) is 2.13. The third kappa shape index (κ3) is 8.33. The van der Waals surface area contributed by atoms with Gasteiger partial charge in [0.1, 0.15) is 11.8 Å². The molecule has 2 atom stereocenters. The molecule has 51 heavy (non-hydrogen) atoms. The first-order valence-corrected chi connectivity index (χ1v) is 18.6. The Bertz CT molecular complexity index is 1580. The Balaban J connectivity index is 1.17. The molecule has 2 N–H and O–H groups in total. The third-order valence-corrected chi connectivity index (χ3v) is 11.4. The van der Waals surface area contributed by atoms with Crippen LogP contribution in [0.25, 0.3) is 0 Å². The van der Waals surface area contributed by atoms with Crippen molar-refractivity contribution in [3.05, 3.63) is 58.7 Å². The number of anilines is 1. The molecule has 2 aromatic rings. The number of urea groups is 1. The Kier molecular flexibility index (Phi) is 11.5. The fraction of sp³-hybridized carbons (Fsp3) is 0.590. The number of phenols is 1. The van der Waals surface area contributed by atoms with Crippen molar-refractivity contribution in [2.45, 2.75) is 84.0 Å². The summed E-state index contributed by atoms with van der Waals surface area (Å²) >= 11 is 0. The highest BCUT2D eigenvalue weighted by atomic mass is 16.5. The first-order chi connectivity index (χ1) is 24.5. The highest BCUT2D eigenvalue weighted by Gasteiger charge is 2.42. The molecule has 3 saturated heterocycles. The fourth-order valence-corrected chi connectivity index (χ4v) is 8.41. The molecule has 0 aromatic heterocycles. The second-order valence-electron chi connectivity index (χ2n) is 14.8. The van der Waals surface area contributed by atoms with Gasteiger partial charge in [-0.2, -0.15) is 0 Å². The number of nitrogens with zero attached hydrogens (tertiary/aromatic N) is 5. The number of para-hydroxylation sites is 1. The van der Waals surface area contributed by atoms with Crippen molar-refractivity contribution >= 4 is 29.5 Å². The lowest BCUT2D eigenvalue weighted by atomic mass is 9.90. The number of carbonyl (C=O) groups is 4. The minimum atomic E-state index is -0.747. The molecule has 12 nitrogen and oxygen atoms in total. The Morgan fingerprint density at radius 2 is 1.61 bits per heavy atom. The van der Waals surface area contributed by atoms with Crippen LogP contribution in [0.15, 0.2) is 36.4 Å². The van der Waals surface area contributed by atoms with Gasteiger partial charge < -0.3 is 34.8 Å². The fourth-order valence-electron chi connectivity index (χ4n) is 8.41. The number of carbonyl (C=O) groups excluding carboxylic acids is 4. The summed E-state index contributed by atoms with van der Waals surface area (Å²) in [6.45, 7) is 10.7. The number of aromatic hydroxyl groups is 1. The molecule has 4 aliphatic heterocycles. The van der Waals surface area contributed by atoms with Crippen LogP contribution < -0.4 is 5.32 Å². The molecule has 0 saturated carbocycles. The standard InChI is InChI=1S/C39H54N6O6/c1-5-51-38(49)34-25-43(31-10-14-41(4)15-11-31)18-19-44(34)37(48)30(22-28-20-26(2)36(47)27(3)21-28)23-35(46)42-16-12-32(13-17-42)45-24-29-8-6-7-9-33(29)40-39(45)50/h6-9,20-21,30-32,34,47H,5,10-19,22-25H2,1-4H3,(H,40,50). The van der Waals surface area contributed by atoms with Crippen LogP contribution >= 0.6 is 0 Å². The van der Waals surface area contributed by atoms with Gasteiger partial charge in [0.25, 0.3) is 0 Å². The van der Waals surface area contributed by atoms with E-state index in [4.69, 9.17) is 4.74 Å². The van der Waals surface area contributed by atoms with Crippen LogP contribution in [0.3, 0.4) is 0 Å². The molecule has 12 heteroatoms. The molecule has 0 spiro atoms. The van der Waals surface area contributed by atoms with Gasteiger partial charge in [0.2, 0.25) is 11.8 Å². The number of likely N-dealkylation sites (tertiary alicyclic amines) is 2. The van der Waals surface area contributed by atoms with Crippen molar-refractivity contribution in [1.29, 1.82) is 0 Å². The highest BCUT2D eigenvalue weighted by molar-refractivity contribution is 5.92. The van der Waals surface area contributed by atoms with Crippen LogP contribution in [0.2, 0.25) is 0 Å². The molecular weight excluding hydrogens is 648 g/mol. The first kappa shape index (κ1) is 36.6. The summed E-state index contributed by atoms with van der Waals surface area (Å²) < 4.78 is 5.52. The topological polar surface area (TPSA) is 126 Å². The van der Waals surface area contributed by atoms with E-state index in [9.17, 15) is 24.3 Å². The normalized spacial score (nSPS) is 21.6. The number of phenolic OH excluding ortho intramolecular Hbond substituents is 1. The monoisotopic (exact) mass is 702 g/mol. The van der Waals surface area contributed by atoms with Crippen LogP contribution in [0, 0.1) is 19.8 Å². The molecule has 276 valence electrons. The van der Waals surface area contributed by atoms with Crippen LogP contribution in [0.4, 0.5) is 10.5 Å². The number of nitrogens with one attached hydrogen (secondary N) is 1. The van der Waals surface area contributed by atoms with Gasteiger partial charge in [0.05, 0.1) is 12.5 Å². The van der Waals surface area contributed by atoms with Crippen molar-refractivity contribution in [2.75, 3.05) is 64.8 Å². The number of aryl methyl sites for hydroxylation is 2. The van der Waals surface area contributed by atoms with Gasteiger partial charge in [-0.3, -0.25) is 14.5 Å². The van der Waals surface area contributed by atoms with E-state index in [1.54, 1.807) is 11.8 Å². The summed E-state index contributed by atoms with van der Waals surface area (Å²) in [6, 6.07) is 11.1.